The molecule has 0 aliphatic carbocycles. The molecular formula is C10H20N2O2. The maximum absolute atomic E-state index is 11.8. The minimum absolute atomic E-state index is 0.166. The number of rotatable bonds is 2. The van der Waals surface area contributed by atoms with Crippen LogP contribution < -0.4 is 10.6 Å². The van der Waals surface area contributed by atoms with E-state index >= 15 is 0 Å². The molecule has 82 valence electrons. The fourth-order valence-electron chi connectivity index (χ4n) is 1.43. The predicted molar refractivity (Wildman–Crippen MR) is 55.1 cm³/mol. The number of methoxy groups -OCH3 is 1. The lowest BCUT2D eigenvalue weighted by atomic mass is 9.88. The van der Waals surface area contributed by atoms with Crippen LogP contribution >= 0.6 is 0 Å². The van der Waals surface area contributed by atoms with Crippen LogP contribution in [0.25, 0.3) is 0 Å². The molecule has 14 heavy (non-hydrogen) atoms. The highest BCUT2D eigenvalue weighted by atomic mass is 16.5. The first-order valence-electron chi connectivity index (χ1n) is 4.99. The number of nitrogens with one attached hydrogen (secondary N) is 2. The van der Waals surface area contributed by atoms with E-state index in [-0.39, 0.29) is 23.5 Å². The molecule has 1 saturated heterocycles. The van der Waals surface area contributed by atoms with Crippen LogP contribution in [-0.2, 0) is 9.53 Å². The van der Waals surface area contributed by atoms with Gasteiger partial charge in [0, 0.05) is 25.6 Å². The Bertz CT molecular complexity index is 203. The summed E-state index contributed by atoms with van der Waals surface area (Å²) in [7, 11) is 1.68. The molecule has 0 spiro atoms. The lowest BCUT2D eigenvalue weighted by Crippen LogP contribution is -2.60. The average molecular weight is 200 g/mol. The number of ketones is 1. The molecule has 0 aromatic heterocycles. The van der Waals surface area contributed by atoms with E-state index < -0.39 is 0 Å². The number of carbonyl (C=O) groups is 1. The SMILES string of the molecule is COC1CNC(C(=O)C(C)(C)C)NC1. The van der Waals surface area contributed by atoms with Gasteiger partial charge in [-0.2, -0.15) is 0 Å². The fraction of sp³-hybridized carbons (Fsp3) is 0.900. The maximum atomic E-state index is 11.8. The van der Waals surface area contributed by atoms with E-state index in [0.717, 1.165) is 13.1 Å². The molecule has 0 unspecified atom stereocenters. The van der Waals surface area contributed by atoms with Crippen LogP contribution in [0, 0.1) is 5.41 Å². The highest BCUT2D eigenvalue weighted by Gasteiger charge is 2.32. The van der Waals surface area contributed by atoms with Gasteiger partial charge in [-0.05, 0) is 0 Å². The van der Waals surface area contributed by atoms with Gasteiger partial charge in [0.15, 0.2) is 5.78 Å². The van der Waals surface area contributed by atoms with Gasteiger partial charge in [0.25, 0.3) is 0 Å². The van der Waals surface area contributed by atoms with Crippen molar-refractivity contribution in [1.29, 1.82) is 0 Å². The van der Waals surface area contributed by atoms with E-state index in [0.29, 0.717) is 0 Å². The summed E-state index contributed by atoms with van der Waals surface area (Å²) in [5.41, 5.74) is -0.301. The van der Waals surface area contributed by atoms with Gasteiger partial charge in [0.1, 0.15) is 6.17 Å². The van der Waals surface area contributed by atoms with Crippen molar-refractivity contribution < 1.29 is 9.53 Å². The summed E-state index contributed by atoms with van der Waals surface area (Å²) in [6.07, 6.45) is -0.0552. The third-order valence-corrected chi connectivity index (χ3v) is 2.43. The van der Waals surface area contributed by atoms with Crippen LogP contribution in [-0.4, -0.2) is 38.3 Å². The van der Waals surface area contributed by atoms with Crippen LogP contribution in [0.4, 0.5) is 0 Å². The van der Waals surface area contributed by atoms with Crippen molar-refractivity contribution in [2.45, 2.75) is 33.0 Å². The zero-order valence-corrected chi connectivity index (χ0v) is 9.39. The van der Waals surface area contributed by atoms with Crippen molar-refractivity contribution in [1.82, 2.24) is 10.6 Å². The average Bonchev–Trinajstić information content (AvgIpc) is 2.15. The molecule has 0 radical (unpaired) electrons. The zero-order chi connectivity index (χ0) is 10.8. The molecule has 0 atom stereocenters. The molecule has 4 nitrogen and oxygen atoms in total. The Labute approximate surface area is 85.4 Å². The molecule has 1 fully saturated rings. The molecule has 1 aliphatic rings. The lowest BCUT2D eigenvalue weighted by Gasteiger charge is -2.32. The Morgan fingerprint density at radius 3 is 2.14 bits per heavy atom. The highest BCUT2D eigenvalue weighted by Crippen LogP contribution is 2.16. The second kappa shape index (κ2) is 4.38. The second-order valence-electron chi connectivity index (χ2n) is 4.72. The molecule has 0 aromatic carbocycles. The Kier molecular flexibility index (Phi) is 3.64. The molecule has 1 rings (SSSR count). The zero-order valence-electron chi connectivity index (χ0n) is 9.39. The lowest BCUT2D eigenvalue weighted by molar-refractivity contribution is -0.130. The van der Waals surface area contributed by atoms with E-state index in [2.05, 4.69) is 10.6 Å². The Morgan fingerprint density at radius 2 is 1.79 bits per heavy atom. The summed E-state index contributed by atoms with van der Waals surface area (Å²) in [6, 6.07) is 0. The van der Waals surface area contributed by atoms with E-state index in [1.807, 2.05) is 20.8 Å². The summed E-state index contributed by atoms with van der Waals surface area (Å²) in [4.78, 5) is 11.8. The summed E-state index contributed by atoms with van der Waals surface area (Å²) in [5.74, 6) is 0.201. The number of hydrogen-bond donors (Lipinski definition) is 2. The Hall–Kier alpha value is -0.450. The summed E-state index contributed by atoms with van der Waals surface area (Å²) in [5, 5.41) is 6.28. The van der Waals surface area contributed by atoms with E-state index in [9.17, 15) is 4.79 Å². The molecule has 1 aliphatic heterocycles. The first-order valence-corrected chi connectivity index (χ1v) is 4.99. The molecule has 4 heteroatoms. The number of hydrogen-bond acceptors (Lipinski definition) is 4. The van der Waals surface area contributed by atoms with Crippen LogP contribution in [0.5, 0.6) is 0 Å². The van der Waals surface area contributed by atoms with Crippen molar-refractivity contribution in [3.63, 3.8) is 0 Å². The van der Waals surface area contributed by atoms with Crippen LogP contribution in [0.2, 0.25) is 0 Å². The normalized spacial score (nSPS) is 28.9. The van der Waals surface area contributed by atoms with Gasteiger partial charge in [-0.3, -0.25) is 15.4 Å². The molecule has 1 heterocycles. The van der Waals surface area contributed by atoms with Gasteiger partial charge < -0.3 is 4.74 Å². The number of ether oxygens (including phenoxy) is 1. The molecule has 0 bridgehead atoms. The van der Waals surface area contributed by atoms with Crippen molar-refractivity contribution in [2.75, 3.05) is 20.2 Å². The first kappa shape index (κ1) is 11.6. The smallest absolute Gasteiger partial charge is 0.169 e. The van der Waals surface area contributed by atoms with E-state index in [1.54, 1.807) is 7.11 Å². The van der Waals surface area contributed by atoms with Crippen molar-refractivity contribution in [3.8, 4) is 0 Å². The third-order valence-electron chi connectivity index (χ3n) is 2.43. The number of carbonyl (C=O) groups excluding carboxylic acids is 1. The number of Topliss-reactive ketones (excluding diaryl/α,β-unsaturated/α-hetero) is 1. The largest absolute Gasteiger partial charge is 0.379 e. The van der Waals surface area contributed by atoms with Crippen molar-refractivity contribution in [3.05, 3.63) is 0 Å². The van der Waals surface area contributed by atoms with Crippen LogP contribution in [0.1, 0.15) is 20.8 Å². The summed E-state index contributed by atoms with van der Waals surface area (Å²) in [6.45, 7) is 7.26. The molecular weight excluding hydrogens is 180 g/mol. The monoisotopic (exact) mass is 200 g/mol. The van der Waals surface area contributed by atoms with Gasteiger partial charge in [-0.1, -0.05) is 20.8 Å². The van der Waals surface area contributed by atoms with Gasteiger partial charge in [-0.25, -0.2) is 0 Å². The quantitative estimate of drug-likeness (QED) is 0.665. The standard InChI is InChI=1S/C10H20N2O2/c1-10(2,3)8(13)9-11-5-7(14-4)6-12-9/h7,9,11-12H,5-6H2,1-4H3. The van der Waals surface area contributed by atoms with Gasteiger partial charge >= 0.3 is 0 Å². The first-order chi connectivity index (χ1) is 6.45. The Balaban J connectivity index is 2.46. The predicted octanol–water partition coefficient (Wildman–Crippen LogP) is 0.136. The van der Waals surface area contributed by atoms with Crippen molar-refractivity contribution >= 4 is 5.78 Å². The van der Waals surface area contributed by atoms with Gasteiger partial charge in [0.2, 0.25) is 0 Å². The van der Waals surface area contributed by atoms with Crippen LogP contribution in [0.15, 0.2) is 0 Å². The van der Waals surface area contributed by atoms with Crippen molar-refractivity contribution in [2.24, 2.45) is 5.41 Å². The minimum atomic E-state index is -0.301. The topological polar surface area (TPSA) is 50.4 Å². The Morgan fingerprint density at radius 1 is 1.29 bits per heavy atom. The molecule has 2 N–H and O–H groups in total. The molecule has 0 aromatic rings. The van der Waals surface area contributed by atoms with Gasteiger partial charge in [0.05, 0.1) is 6.10 Å². The molecule has 0 amide bonds. The summed E-state index contributed by atoms with van der Waals surface area (Å²) >= 11 is 0. The molecule has 0 saturated carbocycles. The van der Waals surface area contributed by atoms with Gasteiger partial charge in [-0.15, -0.1) is 0 Å². The van der Waals surface area contributed by atoms with E-state index in [4.69, 9.17) is 4.74 Å². The second-order valence-corrected chi connectivity index (χ2v) is 4.72. The fourth-order valence-corrected chi connectivity index (χ4v) is 1.43. The van der Waals surface area contributed by atoms with E-state index in [1.165, 1.54) is 0 Å². The highest BCUT2D eigenvalue weighted by molar-refractivity contribution is 5.88. The minimum Gasteiger partial charge on any atom is -0.379 e. The maximum Gasteiger partial charge on any atom is 0.169 e. The van der Waals surface area contributed by atoms with Crippen LogP contribution in [0.3, 0.4) is 0 Å². The summed E-state index contributed by atoms with van der Waals surface area (Å²) < 4.78 is 5.17. The third kappa shape index (κ3) is 2.77.